The van der Waals surface area contributed by atoms with Crippen molar-refractivity contribution >= 4 is 0 Å². The second-order valence-corrected chi connectivity index (χ2v) is 5.74. The topological polar surface area (TPSA) is 47.3 Å². The Morgan fingerprint density at radius 3 is 2.60 bits per heavy atom. The van der Waals surface area contributed by atoms with Crippen LogP contribution in [0.15, 0.2) is 18.2 Å². The first-order chi connectivity index (χ1) is 9.67. The maximum atomic E-state index is 13.5. The number of nitrogens with two attached hydrogens (primary N) is 1. The molecule has 4 heteroatoms. The predicted octanol–water partition coefficient (Wildman–Crippen LogP) is 3.23. The number of hydrogen-bond donors (Lipinski definition) is 2. The molecular formula is C16H25FN2O. The van der Waals surface area contributed by atoms with Gasteiger partial charge in [0.2, 0.25) is 0 Å². The van der Waals surface area contributed by atoms with Crippen molar-refractivity contribution in [3.63, 3.8) is 0 Å². The maximum Gasteiger partial charge on any atom is 0.123 e. The second-order valence-electron chi connectivity index (χ2n) is 5.74. The summed E-state index contributed by atoms with van der Waals surface area (Å²) in [6.07, 6.45) is 6.08. The quantitative estimate of drug-likeness (QED) is 0.643. The number of halogens is 1. The van der Waals surface area contributed by atoms with Gasteiger partial charge in [0.1, 0.15) is 5.82 Å². The van der Waals surface area contributed by atoms with Crippen LogP contribution in [0.4, 0.5) is 4.39 Å². The monoisotopic (exact) mass is 280 g/mol. The normalized spacial score (nSPS) is 19.8. The Morgan fingerprint density at radius 1 is 1.30 bits per heavy atom. The summed E-state index contributed by atoms with van der Waals surface area (Å²) < 4.78 is 19.3. The lowest BCUT2D eigenvalue weighted by Crippen LogP contribution is -2.42. The summed E-state index contributed by atoms with van der Waals surface area (Å²) in [4.78, 5) is 0. The van der Waals surface area contributed by atoms with Crippen molar-refractivity contribution in [2.75, 3.05) is 7.11 Å². The molecule has 1 aromatic carbocycles. The molecule has 1 fully saturated rings. The average Bonchev–Trinajstić information content (AvgIpc) is 2.48. The molecule has 0 aliphatic heterocycles. The molecule has 0 aromatic heterocycles. The molecule has 0 saturated heterocycles. The number of nitrogens with one attached hydrogen (secondary N) is 1. The van der Waals surface area contributed by atoms with Gasteiger partial charge in [0.05, 0.1) is 12.1 Å². The van der Waals surface area contributed by atoms with Crippen LogP contribution >= 0.6 is 0 Å². The number of hydrogen-bond acceptors (Lipinski definition) is 3. The minimum Gasteiger partial charge on any atom is -0.379 e. The van der Waals surface area contributed by atoms with Crippen molar-refractivity contribution in [2.24, 2.45) is 11.8 Å². The summed E-state index contributed by atoms with van der Waals surface area (Å²) in [7, 11) is 1.72. The van der Waals surface area contributed by atoms with E-state index in [1.54, 1.807) is 19.2 Å². The molecule has 3 nitrogen and oxygen atoms in total. The maximum absolute atomic E-state index is 13.5. The van der Waals surface area contributed by atoms with Crippen molar-refractivity contribution in [3.05, 3.63) is 35.1 Å². The summed E-state index contributed by atoms with van der Waals surface area (Å²) in [5.74, 6) is 6.01. The Bertz CT molecular complexity index is 432. The zero-order valence-corrected chi connectivity index (χ0v) is 12.4. The van der Waals surface area contributed by atoms with Gasteiger partial charge >= 0.3 is 0 Å². The van der Waals surface area contributed by atoms with Gasteiger partial charge in [-0.3, -0.25) is 11.3 Å². The van der Waals surface area contributed by atoms with Crippen LogP contribution in [0, 0.1) is 18.7 Å². The molecule has 1 aliphatic carbocycles. The van der Waals surface area contributed by atoms with Gasteiger partial charge in [0.25, 0.3) is 0 Å². The Kier molecular flexibility index (Phi) is 5.52. The van der Waals surface area contributed by atoms with Crippen molar-refractivity contribution < 1.29 is 9.13 Å². The van der Waals surface area contributed by atoms with E-state index < -0.39 is 0 Å². The number of hydrazine groups is 1. The molecule has 3 N–H and O–H groups in total. The number of ether oxygens (including phenoxy) is 1. The summed E-state index contributed by atoms with van der Waals surface area (Å²) in [5.41, 5.74) is 4.77. The number of rotatable bonds is 5. The smallest absolute Gasteiger partial charge is 0.123 e. The molecule has 0 amide bonds. The van der Waals surface area contributed by atoms with Crippen LogP contribution in [0.1, 0.15) is 49.3 Å². The summed E-state index contributed by atoms with van der Waals surface area (Å²) >= 11 is 0. The van der Waals surface area contributed by atoms with Gasteiger partial charge in [-0.05, 0) is 48.9 Å². The Balaban J connectivity index is 2.26. The van der Waals surface area contributed by atoms with E-state index >= 15 is 0 Å². The SMILES string of the molecule is COC(C1CCCCC1)C(NN)c1cc(F)ccc1C. The van der Waals surface area contributed by atoms with E-state index in [0.29, 0.717) is 5.92 Å². The van der Waals surface area contributed by atoms with Crippen LogP contribution < -0.4 is 11.3 Å². The van der Waals surface area contributed by atoms with Gasteiger partial charge in [0, 0.05) is 7.11 Å². The zero-order valence-electron chi connectivity index (χ0n) is 12.4. The molecule has 2 rings (SSSR count). The van der Waals surface area contributed by atoms with Crippen molar-refractivity contribution in [2.45, 2.75) is 51.2 Å². The fraction of sp³-hybridized carbons (Fsp3) is 0.625. The highest BCUT2D eigenvalue weighted by molar-refractivity contribution is 5.30. The molecular weight excluding hydrogens is 255 g/mol. The average molecular weight is 280 g/mol. The first-order valence-corrected chi connectivity index (χ1v) is 7.42. The van der Waals surface area contributed by atoms with Gasteiger partial charge in [-0.25, -0.2) is 4.39 Å². The predicted molar refractivity (Wildman–Crippen MR) is 78.6 cm³/mol. The van der Waals surface area contributed by atoms with E-state index in [4.69, 9.17) is 10.6 Å². The highest BCUT2D eigenvalue weighted by Gasteiger charge is 2.32. The molecule has 20 heavy (non-hydrogen) atoms. The Hall–Kier alpha value is -0.970. The van der Waals surface area contributed by atoms with Gasteiger partial charge in [-0.15, -0.1) is 0 Å². The third-order valence-corrected chi connectivity index (χ3v) is 4.47. The van der Waals surface area contributed by atoms with Crippen LogP contribution in [0.2, 0.25) is 0 Å². The largest absolute Gasteiger partial charge is 0.379 e. The van der Waals surface area contributed by atoms with E-state index in [1.165, 1.54) is 25.3 Å². The van der Waals surface area contributed by atoms with Crippen LogP contribution in [-0.2, 0) is 4.74 Å². The van der Waals surface area contributed by atoms with E-state index in [2.05, 4.69) is 5.43 Å². The third kappa shape index (κ3) is 3.37. The second kappa shape index (κ2) is 7.16. The summed E-state index contributed by atoms with van der Waals surface area (Å²) in [6, 6.07) is 4.67. The fourth-order valence-electron chi connectivity index (χ4n) is 3.37. The number of benzene rings is 1. The standard InChI is InChI=1S/C16H25FN2O/c1-11-8-9-13(17)10-14(11)15(19-18)16(20-2)12-6-4-3-5-7-12/h8-10,12,15-16,19H,3-7,18H2,1-2H3. The Morgan fingerprint density at radius 2 is 2.00 bits per heavy atom. The molecule has 0 spiro atoms. The van der Waals surface area contributed by atoms with E-state index in [9.17, 15) is 4.39 Å². The van der Waals surface area contributed by atoms with Crippen LogP contribution in [0.25, 0.3) is 0 Å². The zero-order chi connectivity index (χ0) is 14.5. The molecule has 2 atom stereocenters. The van der Waals surface area contributed by atoms with Gasteiger partial charge in [-0.1, -0.05) is 25.3 Å². The fourth-order valence-corrected chi connectivity index (χ4v) is 3.37. The van der Waals surface area contributed by atoms with Crippen LogP contribution in [0.5, 0.6) is 0 Å². The molecule has 1 saturated carbocycles. The van der Waals surface area contributed by atoms with Crippen LogP contribution in [0.3, 0.4) is 0 Å². The third-order valence-electron chi connectivity index (χ3n) is 4.47. The van der Waals surface area contributed by atoms with E-state index in [-0.39, 0.29) is 18.0 Å². The van der Waals surface area contributed by atoms with E-state index in [0.717, 1.165) is 24.0 Å². The van der Waals surface area contributed by atoms with Crippen LogP contribution in [-0.4, -0.2) is 13.2 Å². The molecule has 0 radical (unpaired) electrons. The van der Waals surface area contributed by atoms with Gasteiger partial charge in [-0.2, -0.15) is 0 Å². The van der Waals surface area contributed by atoms with Gasteiger partial charge in [0.15, 0.2) is 0 Å². The molecule has 1 aromatic rings. The first kappa shape index (κ1) is 15.4. The summed E-state index contributed by atoms with van der Waals surface area (Å²) in [6.45, 7) is 1.98. The molecule has 0 bridgehead atoms. The van der Waals surface area contributed by atoms with Crippen molar-refractivity contribution in [1.82, 2.24) is 5.43 Å². The lowest BCUT2D eigenvalue weighted by molar-refractivity contribution is 0.00728. The minimum absolute atomic E-state index is 0.0131. The van der Waals surface area contributed by atoms with E-state index in [1.807, 2.05) is 6.92 Å². The van der Waals surface area contributed by atoms with Crippen molar-refractivity contribution in [3.8, 4) is 0 Å². The molecule has 0 heterocycles. The number of methoxy groups -OCH3 is 1. The van der Waals surface area contributed by atoms with Gasteiger partial charge < -0.3 is 4.74 Å². The number of aryl methyl sites for hydroxylation is 1. The molecule has 1 aliphatic rings. The highest BCUT2D eigenvalue weighted by Crippen LogP contribution is 2.34. The minimum atomic E-state index is -0.232. The molecule has 112 valence electrons. The highest BCUT2D eigenvalue weighted by atomic mass is 19.1. The molecule has 2 unspecified atom stereocenters. The first-order valence-electron chi connectivity index (χ1n) is 7.42. The Labute approximate surface area is 120 Å². The lowest BCUT2D eigenvalue weighted by atomic mass is 9.80. The van der Waals surface area contributed by atoms with Crippen molar-refractivity contribution in [1.29, 1.82) is 0 Å². The lowest BCUT2D eigenvalue weighted by Gasteiger charge is -2.35. The summed E-state index contributed by atoms with van der Waals surface area (Å²) in [5, 5.41) is 0.